The van der Waals surface area contributed by atoms with Gasteiger partial charge in [-0.05, 0) is 41.5 Å². The Morgan fingerprint density at radius 2 is 1.90 bits per heavy atom. The van der Waals surface area contributed by atoms with Crippen molar-refractivity contribution in [3.05, 3.63) is 62.0 Å². The Kier molecular flexibility index (Phi) is 5.33. The molecule has 0 heterocycles. The van der Waals surface area contributed by atoms with E-state index in [-0.39, 0.29) is 0 Å². The van der Waals surface area contributed by atoms with Crippen LogP contribution in [0.4, 0.5) is 0 Å². The standard InChI is InChI=1S/C15H13BrCl2O2/c1-20-15-5-3-11(16)6-10(15)8-14(19)9-2-4-12(17)13(18)7-9/h2-7,14,19H,8H2,1H3. The first-order chi connectivity index (χ1) is 9.51. The van der Waals surface area contributed by atoms with E-state index in [2.05, 4.69) is 15.9 Å². The first kappa shape index (κ1) is 15.6. The maximum atomic E-state index is 10.3. The molecule has 1 atom stereocenters. The predicted molar refractivity (Wildman–Crippen MR) is 85.8 cm³/mol. The fraction of sp³-hybridized carbons (Fsp3) is 0.200. The number of hydrogen-bond donors (Lipinski definition) is 1. The molecule has 0 saturated heterocycles. The molecule has 0 aromatic heterocycles. The smallest absolute Gasteiger partial charge is 0.122 e. The summed E-state index contributed by atoms with van der Waals surface area (Å²) in [4.78, 5) is 0. The maximum absolute atomic E-state index is 10.3. The molecular weight excluding hydrogens is 363 g/mol. The third-order valence-corrected chi connectivity index (χ3v) is 4.22. The van der Waals surface area contributed by atoms with E-state index in [0.29, 0.717) is 16.5 Å². The van der Waals surface area contributed by atoms with Gasteiger partial charge >= 0.3 is 0 Å². The molecular formula is C15H13BrCl2O2. The highest BCUT2D eigenvalue weighted by atomic mass is 79.9. The van der Waals surface area contributed by atoms with Gasteiger partial charge < -0.3 is 9.84 Å². The Labute approximate surface area is 136 Å². The van der Waals surface area contributed by atoms with Crippen molar-refractivity contribution in [2.24, 2.45) is 0 Å². The van der Waals surface area contributed by atoms with Crippen molar-refractivity contribution >= 4 is 39.1 Å². The number of hydrogen-bond acceptors (Lipinski definition) is 2. The third-order valence-electron chi connectivity index (χ3n) is 2.98. The van der Waals surface area contributed by atoms with Gasteiger partial charge in [-0.15, -0.1) is 0 Å². The van der Waals surface area contributed by atoms with Crippen LogP contribution in [-0.2, 0) is 6.42 Å². The van der Waals surface area contributed by atoms with Gasteiger partial charge in [0.25, 0.3) is 0 Å². The summed E-state index contributed by atoms with van der Waals surface area (Å²) in [6.07, 6.45) is -0.242. The van der Waals surface area contributed by atoms with E-state index in [1.54, 1.807) is 25.3 Å². The van der Waals surface area contributed by atoms with Gasteiger partial charge in [-0.3, -0.25) is 0 Å². The summed E-state index contributed by atoms with van der Waals surface area (Å²) in [6, 6.07) is 10.8. The molecule has 106 valence electrons. The van der Waals surface area contributed by atoms with Crippen molar-refractivity contribution in [2.75, 3.05) is 7.11 Å². The second kappa shape index (κ2) is 6.81. The summed E-state index contributed by atoms with van der Waals surface area (Å²) in [6.45, 7) is 0. The summed E-state index contributed by atoms with van der Waals surface area (Å²) in [5, 5.41) is 11.2. The lowest BCUT2D eigenvalue weighted by molar-refractivity contribution is 0.177. The highest BCUT2D eigenvalue weighted by molar-refractivity contribution is 9.10. The van der Waals surface area contributed by atoms with Gasteiger partial charge in [-0.25, -0.2) is 0 Å². The van der Waals surface area contributed by atoms with Crippen LogP contribution in [-0.4, -0.2) is 12.2 Å². The molecule has 2 nitrogen and oxygen atoms in total. The molecule has 1 N–H and O–H groups in total. The van der Waals surface area contributed by atoms with Gasteiger partial charge in [-0.2, -0.15) is 0 Å². The quantitative estimate of drug-likeness (QED) is 0.810. The van der Waals surface area contributed by atoms with Crippen LogP contribution in [0.15, 0.2) is 40.9 Å². The normalized spacial score (nSPS) is 12.2. The van der Waals surface area contributed by atoms with E-state index in [1.165, 1.54) is 0 Å². The van der Waals surface area contributed by atoms with Crippen molar-refractivity contribution in [3.8, 4) is 5.75 Å². The lowest BCUT2D eigenvalue weighted by atomic mass is 10.0. The highest BCUT2D eigenvalue weighted by Crippen LogP contribution is 2.30. The van der Waals surface area contributed by atoms with Gasteiger partial charge in [0.15, 0.2) is 0 Å². The van der Waals surface area contributed by atoms with Gasteiger partial charge in [0.1, 0.15) is 5.75 Å². The molecule has 2 aromatic carbocycles. The van der Waals surface area contributed by atoms with Crippen molar-refractivity contribution in [1.82, 2.24) is 0 Å². The SMILES string of the molecule is COc1ccc(Br)cc1CC(O)c1ccc(Cl)c(Cl)c1. The fourth-order valence-corrected chi connectivity index (χ4v) is 2.67. The topological polar surface area (TPSA) is 29.5 Å². The van der Waals surface area contributed by atoms with E-state index in [1.807, 2.05) is 18.2 Å². The Balaban J connectivity index is 2.24. The molecule has 0 radical (unpaired) electrons. The largest absolute Gasteiger partial charge is 0.496 e. The molecule has 1 unspecified atom stereocenters. The summed E-state index contributed by atoms with van der Waals surface area (Å²) in [5.41, 5.74) is 1.64. The fourth-order valence-electron chi connectivity index (χ4n) is 1.95. The molecule has 0 aliphatic carbocycles. The number of halogens is 3. The van der Waals surface area contributed by atoms with Crippen LogP contribution in [0.1, 0.15) is 17.2 Å². The van der Waals surface area contributed by atoms with Crippen LogP contribution in [0.3, 0.4) is 0 Å². The molecule has 0 amide bonds. The average Bonchev–Trinajstić information content (AvgIpc) is 2.42. The van der Waals surface area contributed by atoms with Crippen LogP contribution in [0.25, 0.3) is 0 Å². The Morgan fingerprint density at radius 1 is 1.15 bits per heavy atom. The molecule has 0 bridgehead atoms. The molecule has 0 saturated carbocycles. The molecule has 20 heavy (non-hydrogen) atoms. The number of methoxy groups -OCH3 is 1. The minimum Gasteiger partial charge on any atom is -0.496 e. The Hall–Kier alpha value is -0.740. The van der Waals surface area contributed by atoms with Crippen molar-refractivity contribution in [3.63, 3.8) is 0 Å². The van der Waals surface area contributed by atoms with Crippen molar-refractivity contribution in [2.45, 2.75) is 12.5 Å². The average molecular weight is 376 g/mol. The van der Waals surface area contributed by atoms with Crippen LogP contribution in [0.5, 0.6) is 5.75 Å². The first-order valence-electron chi connectivity index (χ1n) is 5.96. The molecule has 2 aromatic rings. The summed E-state index contributed by atoms with van der Waals surface area (Å²) >= 11 is 15.3. The molecule has 0 aliphatic rings. The van der Waals surface area contributed by atoms with E-state index >= 15 is 0 Å². The second-order valence-electron chi connectivity index (χ2n) is 4.35. The predicted octanol–water partition coefficient (Wildman–Crippen LogP) is 5.04. The first-order valence-corrected chi connectivity index (χ1v) is 7.51. The molecule has 0 aliphatic heterocycles. The van der Waals surface area contributed by atoms with E-state index in [4.69, 9.17) is 27.9 Å². The highest BCUT2D eigenvalue weighted by Gasteiger charge is 2.13. The zero-order chi connectivity index (χ0) is 14.7. The molecule has 0 spiro atoms. The third kappa shape index (κ3) is 3.67. The monoisotopic (exact) mass is 374 g/mol. The zero-order valence-corrected chi connectivity index (χ0v) is 13.8. The molecule has 5 heteroatoms. The Morgan fingerprint density at radius 3 is 2.55 bits per heavy atom. The minimum atomic E-state index is -0.673. The van der Waals surface area contributed by atoms with Crippen molar-refractivity contribution < 1.29 is 9.84 Å². The van der Waals surface area contributed by atoms with Crippen LogP contribution >= 0.6 is 39.1 Å². The number of benzene rings is 2. The van der Waals surface area contributed by atoms with Gasteiger partial charge in [0.05, 0.1) is 23.3 Å². The lowest BCUT2D eigenvalue weighted by Crippen LogP contribution is -2.03. The zero-order valence-electron chi connectivity index (χ0n) is 10.7. The van der Waals surface area contributed by atoms with Crippen molar-refractivity contribution in [1.29, 1.82) is 0 Å². The summed E-state index contributed by atoms with van der Waals surface area (Å²) < 4.78 is 6.24. The minimum absolute atomic E-state index is 0.431. The number of rotatable bonds is 4. The lowest BCUT2D eigenvalue weighted by Gasteiger charge is -2.14. The van der Waals surface area contributed by atoms with Crippen LogP contribution in [0, 0.1) is 0 Å². The summed E-state index contributed by atoms with van der Waals surface area (Å²) in [5.74, 6) is 0.743. The van der Waals surface area contributed by atoms with E-state index in [9.17, 15) is 5.11 Å². The molecule has 0 fully saturated rings. The number of aliphatic hydroxyl groups is 1. The van der Waals surface area contributed by atoms with Gasteiger partial charge in [0, 0.05) is 10.9 Å². The van der Waals surface area contributed by atoms with Gasteiger partial charge in [-0.1, -0.05) is 45.2 Å². The van der Waals surface area contributed by atoms with E-state index < -0.39 is 6.10 Å². The summed E-state index contributed by atoms with van der Waals surface area (Å²) in [7, 11) is 1.61. The second-order valence-corrected chi connectivity index (χ2v) is 6.08. The number of ether oxygens (including phenoxy) is 1. The van der Waals surface area contributed by atoms with Gasteiger partial charge in [0.2, 0.25) is 0 Å². The molecule has 2 rings (SSSR count). The van der Waals surface area contributed by atoms with Crippen LogP contribution < -0.4 is 4.74 Å². The Bertz CT molecular complexity index is 617. The maximum Gasteiger partial charge on any atom is 0.122 e. The number of aliphatic hydroxyl groups excluding tert-OH is 1. The van der Waals surface area contributed by atoms with E-state index in [0.717, 1.165) is 21.3 Å². The van der Waals surface area contributed by atoms with Crippen LogP contribution in [0.2, 0.25) is 10.0 Å².